The summed E-state index contributed by atoms with van der Waals surface area (Å²) in [5.74, 6) is 0.607. The molecule has 0 N–H and O–H groups in total. The van der Waals surface area contributed by atoms with Gasteiger partial charge in [-0.2, -0.15) is 0 Å². The highest BCUT2D eigenvalue weighted by molar-refractivity contribution is 6.33. The van der Waals surface area contributed by atoms with Gasteiger partial charge < -0.3 is 9.47 Å². The van der Waals surface area contributed by atoms with Crippen molar-refractivity contribution in [2.75, 3.05) is 19.1 Å². The van der Waals surface area contributed by atoms with Crippen LogP contribution in [0.3, 0.4) is 0 Å². The number of carbonyl (C=O) groups excluding carboxylic acids is 2. The zero-order chi connectivity index (χ0) is 21.8. The van der Waals surface area contributed by atoms with E-state index in [1.54, 1.807) is 54.5 Å². The highest BCUT2D eigenvalue weighted by Crippen LogP contribution is 2.29. The molecule has 154 valence electrons. The average molecular weight is 412 g/mol. The largest absolute Gasteiger partial charge is 0.497 e. The fraction of sp³-hybridized carbons (Fsp3) is 0.0800. The molecule has 1 amide bonds. The topological polar surface area (TPSA) is 68.2 Å². The molecular formula is C25H20N2O4. The van der Waals surface area contributed by atoms with Crippen LogP contribution in [0.5, 0.6) is 5.75 Å². The van der Waals surface area contributed by atoms with Crippen LogP contribution in [-0.2, 0) is 9.53 Å². The second-order valence-electron chi connectivity index (χ2n) is 6.78. The van der Waals surface area contributed by atoms with Crippen LogP contribution >= 0.6 is 0 Å². The minimum atomic E-state index is -0.411. The van der Waals surface area contributed by atoms with Gasteiger partial charge >= 0.3 is 5.97 Å². The standard InChI is InChI=1S/C25H20N2O4/c1-30-21-14-12-20(13-15-21)27-23(18-6-4-3-5-7-18)26-22(24(27)28)16-17-8-10-19(11-9-17)25(29)31-2/h3-16H,1-2H3/b22-16+. The summed E-state index contributed by atoms with van der Waals surface area (Å²) in [6.07, 6.45) is 1.70. The Hall–Kier alpha value is -4.19. The number of aliphatic imine (C=N–C) groups is 1. The quantitative estimate of drug-likeness (QED) is 0.462. The number of amidine groups is 1. The number of nitrogens with zero attached hydrogens (tertiary/aromatic N) is 2. The number of esters is 1. The second-order valence-corrected chi connectivity index (χ2v) is 6.78. The Kier molecular flexibility index (Phi) is 5.62. The smallest absolute Gasteiger partial charge is 0.337 e. The van der Waals surface area contributed by atoms with Crippen molar-refractivity contribution >= 4 is 29.5 Å². The molecule has 0 aromatic heterocycles. The summed E-state index contributed by atoms with van der Waals surface area (Å²) in [5, 5.41) is 0. The predicted molar refractivity (Wildman–Crippen MR) is 119 cm³/mol. The van der Waals surface area contributed by atoms with Crippen molar-refractivity contribution in [2.24, 2.45) is 4.99 Å². The van der Waals surface area contributed by atoms with Gasteiger partial charge in [-0.3, -0.25) is 9.69 Å². The van der Waals surface area contributed by atoms with Crippen molar-refractivity contribution in [3.05, 3.63) is 101 Å². The molecule has 1 aliphatic heterocycles. The highest BCUT2D eigenvalue weighted by Gasteiger charge is 2.32. The first-order valence-electron chi connectivity index (χ1n) is 9.63. The lowest BCUT2D eigenvalue weighted by molar-refractivity contribution is -0.113. The number of hydrogen-bond acceptors (Lipinski definition) is 5. The molecule has 31 heavy (non-hydrogen) atoms. The lowest BCUT2D eigenvalue weighted by atomic mass is 10.1. The minimum Gasteiger partial charge on any atom is -0.497 e. The maximum absolute atomic E-state index is 13.3. The predicted octanol–water partition coefficient (Wildman–Crippen LogP) is 4.32. The molecule has 0 fully saturated rings. The van der Waals surface area contributed by atoms with Crippen molar-refractivity contribution in [3.63, 3.8) is 0 Å². The van der Waals surface area contributed by atoms with E-state index in [2.05, 4.69) is 4.99 Å². The van der Waals surface area contributed by atoms with Gasteiger partial charge in [0, 0.05) is 5.56 Å². The third-order valence-electron chi connectivity index (χ3n) is 4.86. The van der Waals surface area contributed by atoms with Crippen LogP contribution in [0.25, 0.3) is 6.08 Å². The molecule has 6 nitrogen and oxygen atoms in total. The van der Waals surface area contributed by atoms with Gasteiger partial charge in [-0.15, -0.1) is 0 Å². The zero-order valence-electron chi connectivity index (χ0n) is 17.1. The number of ether oxygens (including phenoxy) is 2. The second kappa shape index (κ2) is 8.67. The molecule has 0 unspecified atom stereocenters. The van der Waals surface area contributed by atoms with Gasteiger partial charge in [0.05, 0.1) is 25.5 Å². The van der Waals surface area contributed by atoms with E-state index in [0.717, 1.165) is 11.1 Å². The SMILES string of the molecule is COC(=O)c1ccc(/C=C2/N=C(c3ccccc3)N(c3ccc(OC)cc3)C2=O)cc1. The lowest BCUT2D eigenvalue weighted by Crippen LogP contribution is -2.32. The van der Waals surface area contributed by atoms with Gasteiger partial charge in [0.25, 0.3) is 5.91 Å². The molecular weight excluding hydrogens is 392 g/mol. The van der Waals surface area contributed by atoms with E-state index < -0.39 is 5.97 Å². The van der Waals surface area contributed by atoms with Gasteiger partial charge in [0.1, 0.15) is 17.3 Å². The van der Waals surface area contributed by atoms with E-state index in [9.17, 15) is 9.59 Å². The normalized spacial score (nSPS) is 14.5. The number of anilines is 1. The van der Waals surface area contributed by atoms with Crippen LogP contribution in [0.1, 0.15) is 21.5 Å². The van der Waals surface area contributed by atoms with E-state index >= 15 is 0 Å². The fourth-order valence-corrected chi connectivity index (χ4v) is 3.26. The number of rotatable bonds is 5. The number of methoxy groups -OCH3 is 2. The Balaban J connectivity index is 1.73. The van der Waals surface area contributed by atoms with Crippen LogP contribution in [0, 0.1) is 0 Å². The summed E-state index contributed by atoms with van der Waals surface area (Å²) in [7, 11) is 2.93. The van der Waals surface area contributed by atoms with Crippen molar-refractivity contribution in [3.8, 4) is 5.75 Å². The van der Waals surface area contributed by atoms with Gasteiger partial charge in [-0.1, -0.05) is 42.5 Å². The van der Waals surface area contributed by atoms with Gasteiger partial charge in [0.15, 0.2) is 0 Å². The number of amides is 1. The molecule has 1 heterocycles. The number of carbonyl (C=O) groups is 2. The van der Waals surface area contributed by atoms with E-state index in [1.807, 2.05) is 42.5 Å². The molecule has 0 saturated carbocycles. The van der Waals surface area contributed by atoms with E-state index in [4.69, 9.17) is 9.47 Å². The molecule has 6 heteroatoms. The van der Waals surface area contributed by atoms with Crippen molar-refractivity contribution in [1.29, 1.82) is 0 Å². The maximum atomic E-state index is 13.3. The third-order valence-corrected chi connectivity index (χ3v) is 4.86. The van der Waals surface area contributed by atoms with E-state index in [-0.39, 0.29) is 5.91 Å². The van der Waals surface area contributed by atoms with E-state index in [0.29, 0.717) is 28.5 Å². The third kappa shape index (κ3) is 4.09. The summed E-state index contributed by atoms with van der Waals surface area (Å²) in [6.45, 7) is 0. The van der Waals surface area contributed by atoms with Gasteiger partial charge in [0.2, 0.25) is 0 Å². The van der Waals surface area contributed by atoms with Crippen molar-refractivity contribution < 1.29 is 19.1 Å². The first kappa shape index (κ1) is 20.1. The molecule has 1 aliphatic rings. The summed E-state index contributed by atoms with van der Waals surface area (Å²) in [4.78, 5) is 31.2. The van der Waals surface area contributed by atoms with Crippen LogP contribution < -0.4 is 9.64 Å². The summed E-state index contributed by atoms with van der Waals surface area (Å²) < 4.78 is 9.95. The zero-order valence-corrected chi connectivity index (χ0v) is 17.1. The maximum Gasteiger partial charge on any atom is 0.337 e. The summed E-state index contributed by atoms with van der Waals surface area (Å²) >= 11 is 0. The molecule has 3 aromatic carbocycles. The monoisotopic (exact) mass is 412 g/mol. The Bertz CT molecular complexity index is 1160. The number of benzene rings is 3. The first-order chi connectivity index (χ1) is 15.1. The molecule has 0 radical (unpaired) electrons. The molecule has 0 spiro atoms. The Morgan fingerprint density at radius 2 is 1.58 bits per heavy atom. The molecule has 3 aromatic rings. The Morgan fingerprint density at radius 3 is 2.19 bits per heavy atom. The van der Waals surface area contributed by atoms with Crippen LogP contribution in [0.15, 0.2) is 89.6 Å². The lowest BCUT2D eigenvalue weighted by Gasteiger charge is -2.18. The van der Waals surface area contributed by atoms with Crippen LogP contribution in [0.4, 0.5) is 5.69 Å². The van der Waals surface area contributed by atoms with Crippen molar-refractivity contribution in [1.82, 2.24) is 0 Å². The average Bonchev–Trinajstić information content (AvgIpc) is 3.15. The van der Waals surface area contributed by atoms with Crippen LogP contribution in [0.2, 0.25) is 0 Å². The van der Waals surface area contributed by atoms with Crippen LogP contribution in [-0.4, -0.2) is 31.9 Å². The summed E-state index contributed by atoms with van der Waals surface area (Å²) in [6, 6.07) is 23.6. The Morgan fingerprint density at radius 1 is 0.903 bits per heavy atom. The minimum absolute atomic E-state index is 0.235. The first-order valence-corrected chi connectivity index (χ1v) is 9.63. The Labute approximate surface area is 180 Å². The fourth-order valence-electron chi connectivity index (χ4n) is 3.26. The molecule has 0 atom stereocenters. The summed E-state index contributed by atoms with van der Waals surface area (Å²) in [5.41, 5.74) is 3.02. The highest BCUT2D eigenvalue weighted by atomic mass is 16.5. The molecule has 0 bridgehead atoms. The molecule has 0 saturated heterocycles. The van der Waals surface area contributed by atoms with Gasteiger partial charge in [-0.25, -0.2) is 9.79 Å². The molecule has 0 aliphatic carbocycles. The molecule has 4 rings (SSSR count). The van der Waals surface area contributed by atoms with Gasteiger partial charge in [-0.05, 0) is 48.0 Å². The van der Waals surface area contributed by atoms with E-state index in [1.165, 1.54) is 7.11 Å². The van der Waals surface area contributed by atoms with Crippen molar-refractivity contribution in [2.45, 2.75) is 0 Å². The number of hydrogen-bond donors (Lipinski definition) is 0.